The summed E-state index contributed by atoms with van der Waals surface area (Å²) in [5.41, 5.74) is -2.15. The zero-order chi connectivity index (χ0) is 18.8. The molecule has 0 fully saturated rings. The number of hydrogen-bond acceptors (Lipinski definition) is 10. The third-order valence-corrected chi connectivity index (χ3v) is 5.20. The van der Waals surface area contributed by atoms with E-state index in [2.05, 4.69) is 15.4 Å². The molecule has 136 valence electrons. The number of nitrogens with one attached hydrogen (secondary N) is 1. The van der Waals surface area contributed by atoms with Crippen LogP contribution in [0.4, 0.5) is 5.82 Å². The van der Waals surface area contributed by atoms with Crippen LogP contribution in [0.3, 0.4) is 0 Å². The Morgan fingerprint density at radius 2 is 2.04 bits per heavy atom. The van der Waals surface area contributed by atoms with Crippen LogP contribution < -0.4 is 5.56 Å². The summed E-state index contributed by atoms with van der Waals surface area (Å²) in [6, 6.07) is 0. The van der Waals surface area contributed by atoms with Crippen molar-refractivity contribution in [1.82, 2.24) is 25.2 Å². The number of aromatic amines is 1. The zero-order valence-corrected chi connectivity index (χ0v) is 13.9. The molecular formula is C10H13N6O8P. The van der Waals surface area contributed by atoms with E-state index in [1.807, 2.05) is 5.10 Å². The molecule has 0 saturated heterocycles. The summed E-state index contributed by atoms with van der Waals surface area (Å²) in [4.78, 5) is 33.8. The van der Waals surface area contributed by atoms with E-state index < -0.39 is 46.7 Å². The van der Waals surface area contributed by atoms with Crippen molar-refractivity contribution in [3.8, 4) is 0 Å². The predicted molar refractivity (Wildman–Crippen MR) is 80.1 cm³/mol. The van der Waals surface area contributed by atoms with Crippen LogP contribution in [0.25, 0.3) is 11.0 Å². The molecule has 0 saturated carbocycles. The van der Waals surface area contributed by atoms with Crippen LogP contribution in [-0.4, -0.2) is 54.4 Å². The number of fused-ring (bicyclic) bond motifs is 1. The van der Waals surface area contributed by atoms with Crippen molar-refractivity contribution in [1.29, 1.82) is 0 Å². The first-order chi connectivity index (χ1) is 11.8. The Balaban J connectivity index is 2.84. The van der Waals surface area contributed by atoms with Gasteiger partial charge in [0.2, 0.25) is 5.52 Å². The molecule has 2 heterocycles. The first-order valence-electron chi connectivity index (χ1n) is 6.86. The van der Waals surface area contributed by atoms with Crippen molar-refractivity contribution in [3.63, 3.8) is 0 Å². The van der Waals surface area contributed by atoms with E-state index >= 15 is 0 Å². The van der Waals surface area contributed by atoms with Crippen LogP contribution in [0.5, 0.6) is 0 Å². The number of aromatic nitrogens is 5. The quantitative estimate of drug-likeness (QED) is 0.365. The number of carboxylic acids is 1. The minimum Gasteiger partial charge on any atom is -0.479 e. The summed E-state index contributed by atoms with van der Waals surface area (Å²) in [5, 5.41) is 32.6. The van der Waals surface area contributed by atoms with Crippen molar-refractivity contribution in [2.24, 2.45) is 0 Å². The Labute approximate surface area is 138 Å². The molecule has 1 atom stereocenters. The highest BCUT2D eigenvalue weighted by Crippen LogP contribution is 2.59. The number of hydrogen-bond donors (Lipinski definition) is 2. The van der Waals surface area contributed by atoms with Crippen LogP contribution >= 0.6 is 7.60 Å². The predicted octanol–water partition coefficient (Wildman–Crippen LogP) is 0.272. The molecule has 0 amide bonds. The molecule has 0 aliphatic heterocycles. The lowest BCUT2D eigenvalue weighted by Crippen LogP contribution is -2.25. The number of carboxylic acid groups (broad SMARTS) is 1. The lowest BCUT2D eigenvalue weighted by atomic mass is 10.4. The van der Waals surface area contributed by atoms with Gasteiger partial charge in [0, 0.05) is 0 Å². The van der Waals surface area contributed by atoms with Crippen LogP contribution in [0.15, 0.2) is 4.79 Å². The molecule has 0 radical (unpaired) electrons. The summed E-state index contributed by atoms with van der Waals surface area (Å²) in [6.07, 6.45) is 0. The first kappa shape index (κ1) is 18.6. The standard InChI is InChI=1S/C10H13N6O8P/c1-3-23-25(22,24-4-2)9(10(18)19)15-6-5(7(13-15)16(20)21)11-14-12-8(6)17/h9H,3-4H2,1-2H3,(H,18,19)(H,11,12,17). The highest BCUT2D eigenvalue weighted by atomic mass is 31.2. The molecule has 14 nitrogen and oxygen atoms in total. The second-order valence-electron chi connectivity index (χ2n) is 4.45. The fourth-order valence-electron chi connectivity index (χ4n) is 2.10. The first-order valence-corrected chi connectivity index (χ1v) is 8.47. The lowest BCUT2D eigenvalue weighted by molar-refractivity contribution is -0.388. The van der Waals surface area contributed by atoms with Crippen LogP contribution in [-0.2, 0) is 18.4 Å². The number of nitro groups is 1. The third kappa shape index (κ3) is 3.26. The largest absolute Gasteiger partial charge is 0.479 e. The van der Waals surface area contributed by atoms with E-state index in [1.54, 1.807) is 0 Å². The van der Waals surface area contributed by atoms with Gasteiger partial charge in [-0.3, -0.25) is 9.36 Å². The Kier molecular flexibility index (Phi) is 5.25. The SMILES string of the molecule is CCOP(=O)(OCC)C(C(=O)O)n1nc([N+](=O)[O-])c2nn[nH]c(=O)c21. The van der Waals surface area contributed by atoms with Crippen molar-refractivity contribution in [2.75, 3.05) is 13.2 Å². The average Bonchev–Trinajstić information content (AvgIpc) is 2.88. The van der Waals surface area contributed by atoms with Gasteiger partial charge in [-0.2, -0.15) is 0 Å². The van der Waals surface area contributed by atoms with Gasteiger partial charge in [0.25, 0.3) is 11.3 Å². The molecule has 0 aliphatic carbocycles. The van der Waals surface area contributed by atoms with Crippen molar-refractivity contribution in [3.05, 3.63) is 20.5 Å². The molecule has 0 aliphatic rings. The number of carbonyl (C=O) groups is 1. The Morgan fingerprint density at radius 3 is 2.52 bits per heavy atom. The lowest BCUT2D eigenvalue weighted by Gasteiger charge is -2.21. The topological polar surface area (TPSA) is 192 Å². The summed E-state index contributed by atoms with van der Waals surface area (Å²) in [7, 11) is -4.37. The van der Waals surface area contributed by atoms with E-state index in [9.17, 15) is 29.4 Å². The van der Waals surface area contributed by atoms with Gasteiger partial charge in [-0.25, -0.2) is 9.89 Å². The van der Waals surface area contributed by atoms with Gasteiger partial charge in [0.15, 0.2) is 5.52 Å². The van der Waals surface area contributed by atoms with E-state index in [0.29, 0.717) is 4.68 Å². The summed E-state index contributed by atoms with van der Waals surface area (Å²) >= 11 is 0. The average molecular weight is 376 g/mol. The number of rotatable bonds is 8. The molecule has 0 spiro atoms. The normalized spacial score (nSPS) is 13.0. The van der Waals surface area contributed by atoms with Gasteiger partial charge in [0.1, 0.15) is 0 Å². The minimum absolute atomic E-state index is 0.168. The van der Waals surface area contributed by atoms with Gasteiger partial charge in [-0.15, -0.1) is 9.78 Å². The van der Waals surface area contributed by atoms with Crippen LogP contribution in [0.2, 0.25) is 0 Å². The number of aliphatic carboxylic acids is 1. The Hall–Kier alpha value is -2.70. The van der Waals surface area contributed by atoms with E-state index in [0.717, 1.165) is 0 Å². The highest BCUT2D eigenvalue weighted by Gasteiger charge is 2.48. The molecule has 0 bridgehead atoms. The van der Waals surface area contributed by atoms with Crippen molar-refractivity contribution < 1.29 is 28.4 Å². The Bertz CT molecular complexity index is 912. The van der Waals surface area contributed by atoms with Gasteiger partial charge in [0.05, 0.1) is 18.3 Å². The molecule has 1 unspecified atom stereocenters. The molecule has 2 rings (SSSR count). The van der Waals surface area contributed by atoms with Crippen molar-refractivity contribution in [2.45, 2.75) is 19.6 Å². The van der Waals surface area contributed by atoms with E-state index in [4.69, 9.17) is 9.05 Å². The fourth-order valence-corrected chi connectivity index (χ4v) is 3.89. The van der Waals surface area contributed by atoms with Gasteiger partial charge in [-0.1, -0.05) is 5.21 Å². The van der Waals surface area contributed by atoms with Gasteiger partial charge >= 0.3 is 19.4 Å². The van der Waals surface area contributed by atoms with Gasteiger partial charge < -0.3 is 24.3 Å². The summed E-state index contributed by atoms with van der Waals surface area (Å²) in [5.74, 6) is -4.77. The second kappa shape index (κ2) is 7.04. The Morgan fingerprint density at radius 1 is 1.44 bits per heavy atom. The van der Waals surface area contributed by atoms with E-state index in [1.165, 1.54) is 13.8 Å². The molecular weight excluding hydrogens is 363 g/mol. The maximum atomic E-state index is 12.9. The maximum absolute atomic E-state index is 12.9. The highest BCUT2D eigenvalue weighted by molar-refractivity contribution is 7.55. The summed E-state index contributed by atoms with van der Waals surface area (Å²) < 4.78 is 23.3. The zero-order valence-electron chi connectivity index (χ0n) is 13.0. The molecule has 25 heavy (non-hydrogen) atoms. The summed E-state index contributed by atoms with van der Waals surface area (Å²) in [6.45, 7) is 2.57. The third-order valence-electron chi connectivity index (χ3n) is 2.93. The second-order valence-corrected chi connectivity index (χ2v) is 6.54. The van der Waals surface area contributed by atoms with E-state index in [-0.39, 0.29) is 13.2 Å². The van der Waals surface area contributed by atoms with Gasteiger partial charge in [-0.05, 0) is 18.8 Å². The monoisotopic (exact) mass is 376 g/mol. The molecule has 2 aromatic heterocycles. The molecule has 2 aromatic rings. The number of H-pyrrole nitrogens is 1. The molecule has 0 aromatic carbocycles. The van der Waals surface area contributed by atoms with Crippen LogP contribution in [0.1, 0.15) is 19.6 Å². The number of nitrogens with zero attached hydrogens (tertiary/aromatic N) is 5. The maximum Gasteiger partial charge on any atom is 0.418 e. The molecule has 15 heteroatoms. The smallest absolute Gasteiger partial charge is 0.418 e. The molecule has 2 N–H and O–H groups in total. The van der Waals surface area contributed by atoms with Crippen LogP contribution in [0, 0.1) is 10.1 Å². The fraction of sp³-hybridized carbons (Fsp3) is 0.500. The van der Waals surface area contributed by atoms with Crippen molar-refractivity contribution >= 4 is 30.4 Å². The minimum atomic E-state index is -4.37.